The van der Waals surface area contributed by atoms with Crippen molar-refractivity contribution in [2.45, 2.75) is 58.5 Å². The van der Waals surface area contributed by atoms with Crippen molar-refractivity contribution in [1.82, 2.24) is 0 Å². The van der Waals surface area contributed by atoms with Crippen molar-refractivity contribution in [3.8, 4) is 0 Å². The van der Waals surface area contributed by atoms with Crippen LogP contribution in [0.15, 0.2) is 11.6 Å². The minimum Gasteiger partial charge on any atom is -0.392 e. The molecule has 1 spiro atoms. The molecule has 0 unspecified atom stereocenters. The number of rotatable bonds is 0. The Balaban J connectivity index is 2.10. The van der Waals surface area contributed by atoms with Crippen molar-refractivity contribution in [2.75, 3.05) is 0 Å². The molecule has 3 atom stereocenters. The largest absolute Gasteiger partial charge is 0.392 e. The summed E-state index contributed by atoms with van der Waals surface area (Å²) in [5.74, 6) is 0.579. The molecule has 2 saturated carbocycles. The van der Waals surface area contributed by atoms with Gasteiger partial charge in [0.05, 0.1) is 6.10 Å². The molecule has 1 N–H and O–H groups in total. The molecular weight excluding hydrogens is 184 g/mol. The smallest absolute Gasteiger partial charge is 0.0656 e. The monoisotopic (exact) mass is 206 g/mol. The molecule has 0 radical (unpaired) electrons. The highest BCUT2D eigenvalue weighted by molar-refractivity contribution is 5.31. The first-order chi connectivity index (χ1) is 7.06. The topological polar surface area (TPSA) is 20.2 Å². The van der Waals surface area contributed by atoms with Crippen molar-refractivity contribution in [3.05, 3.63) is 11.6 Å². The first-order valence-corrected chi connectivity index (χ1v) is 6.45. The second kappa shape index (κ2) is 2.88. The van der Waals surface area contributed by atoms with Crippen LogP contribution in [-0.4, -0.2) is 11.2 Å². The lowest BCUT2D eigenvalue weighted by atomic mass is 9.56. The van der Waals surface area contributed by atoms with Gasteiger partial charge in [-0.1, -0.05) is 25.5 Å². The van der Waals surface area contributed by atoms with Gasteiger partial charge >= 0.3 is 0 Å². The summed E-state index contributed by atoms with van der Waals surface area (Å²) < 4.78 is 0. The van der Waals surface area contributed by atoms with Gasteiger partial charge in [0.1, 0.15) is 0 Å². The third-order valence-corrected chi connectivity index (χ3v) is 5.31. The van der Waals surface area contributed by atoms with Crippen LogP contribution in [0.5, 0.6) is 0 Å². The van der Waals surface area contributed by atoms with Gasteiger partial charge in [-0.2, -0.15) is 0 Å². The van der Waals surface area contributed by atoms with Crippen molar-refractivity contribution in [2.24, 2.45) is 16.7 Å². The lowest BCUT2D eigenvalue weighted by Gasteiger charge is -2.50. The molecule has 0 aromatic rings. The molecule has 84 valence electrons. The standard InChI is InChI=1S/C14H22O/c1-13(2)11-5-3-4-7-14(11)8-6-10(9-14)12(13)15/h5,10,12,15H,3-4,6-9H2,1-2H3/t10-,12-,14+/m0/s1. The Morgan fingerprint density at radius 2 is 2.13 bits per heavy atom. The van der Waals surface area contributed by atoms with Gasteiger partial charge in [0, 0.05) is 5.41 Å². The van der Waals surface area contributed by atoms with Crippen molar-refractivity contribution in [3.63, 3.8) is 0 Å². The number of hydrogen-bond acceptors (Lipinski definition) is 1. The van der Waals surface area contributed by atoms with Gasteiger partial charge in [-0.05, 0) is 49.9 Å². The zero-order valence-corrected chi connectivity index (χ0v) is 9.92. The second-order valence-electron chi connectivity index (χ2n) is 6.46. The van der Waals surface area contributed by atoms with Gasteiger partial charge in [0.25, 0.3) is 0 Å². The molecule has 0 heterocycles. The summed E-state index contributed by atoms with van der Waals surface area (Å²) in [6.45, 7) is 4.50. The second-order valence-corrected chi connectivity index (χ2v) is 6.46. The van der Waals surface area contributed by atoms with Crippen LogP contribution in [0, 0.1) is 16.7 Å². The number of allylic oxidation sites excluding steroid dienone is 1. The number of aliphatic hydroxyl groups is 1. The third-order valence-electron chi connectivity index (χ3n) is 5.31. The van der Waals surface area contributed by atoms with E-state index < -0.39 is 0 Å². The average molecular weight is 206 g/mol. The summed E-state index contributed by atoms with van der Waals surface area (Å²) in [5.41, 5.74) is 2.15. The first kappa shape index (κ1) is 9.89. The fourth-order valence-electron chi connectivity index (χ4n) is 4.64. The van der Waals surface area contributed by atoms with E-state index in [4.69, 9.17) is 0 Å². The maximum absolute atomic E-state index is 10.4. The normalized spacial score (nSPS) is 47.3. The van der Waals surface area contributed by atoms with E-state index in [0.717, 1.165) is 0 Å². The van der Waals surface area contributed by atoms with E-state index in [-0.39, 0.29) is 11.5 Å². The molecule has 2 bridgehead atoms. The quantitative estimate of drug-likeness (QED) is 0.603. The van der Waals surface area contributed by atoms with E-state index in [1.165, 1.54) is 38.5 Å². The zero-order chi connectivity index (χ0) is 10.7. The Kier molecular flexibility index (Phi) is 1.90. The highest BCUT2D eigenvalue weighted by atomic mass is 16.3. The fourth-order valence-corrected chi connectivity index (χ4v) is 4.64. The molecule has 15 heavy (non-hydrogen) atoms. The Morgan fingerprint density at radius 1 is 1.33 bits per heavy atom. The van der Waals surface area contributed by atoms with E-state index in [0.29, 0.717) is 11.3 Å². The molecule has 0 saturated heterocycles. The molecule has 1 nitrogen and oxygen atoms in total. The van der Waals surface area contributed by atoms with Gasteiger partial charge in [-0.25, -0.2) is 0 Å². The van der Waals surface area contributed by atoms with E-state index in [1.54, 1.807) is 5.57 Å². The van der Waals surface area contributed by atoms with Gasteiger partial charge in [0.15, 0.2) is 0 Å². The van der Waals surface area contributed by atoms with Crippen LogP contribution < -0.4 is 0 Å². The molecule has 1 heteroatoms. The summed E-state index contributed by atoms with van der Waals surface area (Å²) in [7, 11) is 0. The Labute approximate surface area is 92.6 Å². The molecule has 0 aromatic carbocycles. The van der Waals surface area contributed by atoms with Gasteiger partial charge in [0.2, 0.25) is 0 Å². The van der Waals surface area contributed by atoms with Crippen LogP contribution in [0.4, 0.5) is 0 Å². The summed E-state index contributed by atoms with van der Waals surface area (Å²) in [5, 5.41) is 10.4. The van der Waals surface area contributed by atoms with Crippen LogP contribution in [-0.2, 0) is 0 Å². The summed E-state index contributed by atoms with van der Waals surface area (Å²) in [6, 6.07) is 0. The SMILES string of the molecule is CC1(C)C2=CCCC[C@]23CC[C@@H](C3)[C@@H]1O. The minimum absolute atomic E-state index is 0.0415. The lowest BCUT2D eigenvalue weighted by molar-refractivity contribution is -0.0146. The molecule has 3 rings (SSSR count). The van der Waals surface area contributed by atoms with Crippen LogP contribution in [0.25, 0.3) is 0 Å². The van der Waals surface area contributed by atoms with Crippen LogP contribution >= 0.6 is 0 Å². The minimum atomic E-state index is -0.0996. The molecule has 0 aromatic heterocycles. The Bertz CT molecular complexity index is 315. The summed E-state index contributed by atoms with van der Waals surface area (Å²) in [6.07, 6.45) is 10.2. The lowest BCUT2D eigenvalue weighted by Crippen LogP contribution is -2.46. The molecule has 0 amide bonds. The van der Waals surface area contributed by atoms with E-state index in [9.17, 15) is 5.11 Å². The van der Waals surface area contributed by atoms with Crippen LogP contribution in [0.2, 0.25) is 0 Å². The number of aliphatic hydroxyl groups excluding tert-OH is 1. The third kappa shape index (κ3) is 1.13. The van der Waals surface area contributed by atoms with Gasteiger partial charge in [-0.15, -0.1) is 0 Å². The molecular formula is C14H22O. The molecule has 0 aliphatic heterocycles. The van der Waals surface area contributed by atoms with Crippen molar-refractivity contribution < 1.29 is 5.11 Å². The van der Waals surface area contributed by atoms with Gasteiger partial charge < -0.3 is 5.11 Å². The fraction of sp³-hybridized carbons (Fsp3) is 0.857. The molecule has 2 fully saturated rings. The predicted molar refractivity (Wildman–Crippen MR) is 61.5 cm³/mol. The Hall–Kier alpha value is -0.300. The molecule has 3 aliphatic rings. The van der Waals surface area contributed by atoms with Crippen LogP contribution in [0.3, 0.4) is 0 Å². The van der Waals surface area contributed by atoms with E-state index >= 15 is 0 Å². The first-order valence-electron chi connectivity index (χ1n) is 6.45. The predicted octanol–water partition coefficient (Wildman–Crippen LogP) is 3.28. The summed E-state index contributed by atoms with van der Waals surface area (Å²) in [4.78, 5) is 0. The molecule has 3 aliphatic carbocycles. The Morgan fingerprint density at radius 3 is 2.93 bits per heavy atom. The number of fused-ring (bicyclic) bond motifs is 1. The van der Waals surface area contributed by atoms with Crippen molar-refractivity contribution >= 4 is 0 Å². The highest BCUT2D eigenvalue weighted by Crippen LogP contribution is 2.64. The maximum atomic E-state index is 10.4. The number of hydrogen-bond donors (Lipinski definition) is 1. The van der Waals surface area contributed by atoms with Crippen molar-refractivity contribution in [1.29, 1.82) is 0 Å². The van der Waals surface area contributed by atoms with Crippen LogP contribution in [0.1, 0.15) is 52.4 Å². The highest BCUT2D eigenvalue weighted by Gasteiger charge is 2.56. The maximum Gasteiger partial charge on any atom is 0.0656 e. The van der Waals surface area contributed by atoms with Gasteiger partial charge in [-0.3, -0.25) is 0 Å². The summed E-state index contributed by atoms with van der Waals surface area (Å²) >= 11 is 0. The van der Waals surface area contributed by atoms with E-state index in [1.807, 2.05) is 0 Å². The zero-order valence-electron chi connectivity index (χ0n) is 9.92. The van der Waals surface area contributed by atoms with E-state index in [2.05, 4.69) is 19.9 Å². The average Bonchev–Trinajstić information content (AvgIpc) is 2.58.